The van der Waals surface area contributed by atoms with Crippen molar-refractivity contribution in [2.24, 2.45) is 0 Å². The Labute approximate surface area is 142 Å². The number of benzene rings is 2. The Morgan fingerprint density at radius 1 is 1.22 bits per heavy atom. The monoisotopic (exact) mass is 331 g/mol. The molecule has 0 aliphatic heterocycles. The summed E-state index contributed by atoms with van der Waals surface area (Å²) in [5.74, 6) is 0.897. The molecule has 3 nitrogen and oxygen atoms in total. The van der Waals surface area contributed by atoms with E-state index in [1.165, 1.54) is 0 Å². The highest BCUT2D eigenvalue weighted by molar-refractivity contribution is 6.31. The Bertz CT molecular complexity index is 711. The highest BCUT2D eigenvalue weighted by Gasteiger charge is 2.11. The average molecular weight is 332 g/mol. The second-order valence-corrected chi connectivity index (χ2v) is 6.35. The first-order chi connectivity index (χ1) is 10.9. The zero-order chi connectivity index (χ0) is 17.0. The van der Waals surface area contributed by atoms with Crippen molar-refractivity contribution in [2.75, 3.05) is 11.9 Å². The van der Waals surface area contributed by atoms with Crippen LogP contribution in [-0.2, 0) is 4.79 Å². The van der Waals surface area contributed by atoms with Crippen molar-refractivity contribution in [3.05, 3.63) is 58.1 Å². The van der Waals surface area contributed by atoms with Crippen LogP contribution < -0.4 is 10.1 Å². The van der Waals surface area contributed by atoms with Crippen molar-refractivity contribution < 1.29 is 9.53 Å². The number of nitrogens with one attached hydrogen (secondary N) is 1. The number of ether oxygens (including phenoxy) is 1. The van der Waals surface area contributed by atoms with Gasteiger partial charge in [0.05, 0.1) is 0 Å². The molecule has 1 N–H and O–H groups in total. The van der Waals surface area contributed by atoms with Crippen LogP contribution in [0, 0.1) is 13.8 Å². The molecule has 0 radical (unpaired) electrons. The van der Waals surface area contributed by atoms with Gasteiger partial charge in [0.15, 0.2) is 6.61 Å². The SMILES string of the molecule is Cc1ccc(C(C)C)c(OCC(=O)Nc2cccc(Cl)c2C)c1. The number of aryl methyl sites for hydroxylation is 1. The lowest BCUT2D eigenvalue weighted by molar-refractivity contribution is -0.118. The molecule has 0 aliphatic rings. The Hall–Kier alpha value is -2.00. The van der Waals surface area contributed by atoms with Gasteiger partial charge in [-0.05, 0) is 54.7 Å². The van der Waals surface area contributed by atoms with Crippen LogP contribution in [0.3, 0.4) is 0 Å². The van der Waals surface area contributed by atoms with Crippen LogP contribution in [-0.4, -0.2) is 12.5 Å². The fourth-order valence-electron chi connectivity index (χ4n) is 2.32. The van der Waals surface area contributed by atoms with Crippen LogP contribution in [0.5, 0.6) is 5.75 Å². The van der Waals surface area contributed by atoms with Crippen molar-refractivity contribution in [1.29, 1.82) is 0 Å². The van der Waals surface area contributed by atoms with E-state index in [-0.39, 0.29) is 12.5 Å². The molecule has 122 valence electrons. The van der Waals surface area contributed by atoms with E-state index < -0.39 is 0 Å². The Morgan fingerprint density at radius 2 is 1.96 bits per heavy atom. The Kier molecular flexibility index (Phi) is 5.67. The molecule has 0 spiro atoms. The van der Waals surface area contributed by atoms with E-state index >= 15 is 0 Å². The maximum Gasteiger partial charge on any atom is 0.262 e. The van der Waals surface area contributed by atoms with Gasteiger partial charge in [0.25, 0.3) is 5.91 Å². The van der Waals surface area contributed by atoms with Crippen LogP contribution in [0.25, 0.3) is 0 Å². The molecule has 2 rings (SSSR count). The minimum absolute atomic E-state index is 0.0326. The second kappa shape index (κ2) is 7.51. The summed E-state index contributed by atoms with van der Waals surface area (Å²) in [7, 11) is 0. The van der Waals surface area contributed by atoms with E-state index in [9.17, 15) is 4.79 Å². The standard InChI is InChI=1S/C19H22ClNO2/c1-12(2)15-9-8-13(3)10-18(15)23-11-19(22)21-17-7-5-6-16(20)14(17)4/h5-10,12H,11H2,1-4H3,(H,21,22). The van der Waals surface area contributed by atoms with Crippen LogP contribution in [0.2, 0.25) is 5.02 Å². The first kappa shape index (κ1) is 17.4. The average Bonchev–Trinajstić information content (AvgIpc) is 2.49. The number of carbonyl (C=O) groups excluding carboxylic acids is 1. The lowest BCUT2D eigenvalue weighted by Gasteiger charge is -2.15. The van der Waals surface area contributed by atoms with E-state index in [1.807, 2.05) is 38.1 Å². The van der Waals surface area contributed by atoms with E-state index in [4.69, 9.17) is 16.3 Å². The van der Waals surface area contributed by atoms with E-state index in [0.717, 1.165) is 22.4 Å². The third-order valence-electron chi connectivity index (χ3n) is 3.69. The molecule has 0 aliphatic carbocycles. The zero-order valence-corrected chi connectivity index (χ0v) is 14.7. The molecule has 0 unspecified atom stereocenters. The molecule has 4 heteroatoms. The van der Waals surface area contributed by atoms with Crippen molar-refractivity contribution >= 4 is 23.2 Å². The van der Waals surface area contributed by atoms with Crippen LogP contribution in [0.4, 0.5) is 5.69 Å². The van der Waals surface area contributed by atoms with Gasteiger partial charge in [-0.2, -0.15) is 0 Å². The fourth-order valence-corrected chi connectivity index (χ4v) is 2.49. The van der Waals surface area contributed by atoms with Gasteiger partial charge < -0.3 is 10.1 Å². The summed E-state index contributed by atoms with van der Waals surface area (Å²) in [5.41, 5.74) is 3.76. The number of carbonyl (C=O) groups is 1. The van der Waals surface area contributed by atoms with Crippen LogP contribution >= 0.6 is 11.6 Å². The maximum atomic E-state index is 12.1. The summed E-state index contributed by atoms with van der Waals surface area (Å²) in [6.45, 7) is 8.05. The third-order valence-corrected chi connectivity index (χ3v) is 4.10. The first-order valence-electron chi connectivity index (χ1n) is 7.66. The number of rotatable bonds is 5. The number of hydrogen-bond acceptors (Lipinski definition) is 2. The predicted molar refractivity (Wildman–Crippen MR) is 95.6 cm³/mol. The highest BCUT2D eigenvalue weighted by Crippen LogP contribution is 2.27. The van der Waals surface area contributed by atoms with Gasteiger partial charge in [-0.15, -0.1) is 0 Å². The molecule has 0 aromatic heterocycles. The van der Waals surface area contributed by atoms with Crippen LogP contribution in [0.1, 0.15) is 36.5 Å². The molecular weight excluding hydrogens is 310 g/mol. The number of halogens is 1. The summed E-state index contributed by atoms with van der Waals surface area (Å²) in [5, 5.41) is 3.47. The number of anilines is 1. The summed E-state index contributed by atoms with van der Waals surface area (Å²) < 4.78 is 5.74. The summed E-state index contributed by atoms with van der Waals surface area (Å²) >= 11 is 6.06. The van der Waals surface area contributed by atoms with Gasteiger partial charge in [0.1, 0.15) is 5.75 Å². The van der Waals surface area contributed by atoms with E-state index in [2.05, 4.69) is 25.2 Å². The van der Waals surface area contributed by atoms with Crippen molar-refractivity contribution in [1.82, 2.24) is 0 Å². The van der Waals surface area contributed by atoms with E-state index in [0.29, 0.717) is 16.6 Å². The van der Waals surface area contributed by atoms with Gasteiger partial charge >= 0.3 is 0 Å². The molecule has 0 fully saturated rings. The fraction of sp³-hybridized carbons (Fsp3) is 0.316. The van der Waals surface area contributed by atoms with Crippen LogP contribution in [0.15, 0.2) is 36.4 Å². The molecule has 0 saturated carbocycles. The van der Waals surface area contributed by atoms with Gasteiger partial charge in [-0.25, -0.2) is 0 Å². The van der Waals surface area contributed by atoms with E-state index in [1.54, 1.807) is 6.07 Å². The quantitative estimate of drug-likeness (QED) is 0.828. The summed E-state index contributed by atoms with van der Waals surface area (Å²) in [4.78, 5) is 12.1. The first-order valence-corrected chi connectivity index (χ1v) is 8.04. The largest absolute Gasteiger partial charge is 0.483 e. The van der Waals surface area contributed by atoms with Gasteiger partial charge in [0, 0.05) is 10.7 Å². The minimum atomic E-state index is -0.202. The summed E-state index contributed by atoms with van der Waals surface area (Å²) in [6.07, 6.45) is 0. The molecule has 0 heterocycles. The Balaban J connectivity index is 2.05. The lowest BCUT2D eigenvalue weighted by Crippen LogP contribution is -2.21. The van der Waals surface area contributed by atoms with Crippen molar-refractivity contribution in [3.63, 3.8) is 0 Å². The minimum Gasteiger partial charge on any atom is -0.483 e. The topological polar surface area (TPSA) is 38.3 Å². The smallest absolute Gasteiger partial charge is 0.262 e. The third kappa shape index (κ3) is 4.49. The zero-order valence-electron chi connectivity index (χ0n) is 13.9. The Morgan fingerprint density at radius 3 is 2.65 bits per heavy atom. The highest BCUT2D eigenvalue weighted by atomic mass is 35.5. The van der Waals surface area contributed by atoms with Crippen molar-refractivity contribution in [3.8, 4) is 5.75 Å². The molecule has 1 amide bonds. The molecule has 0 bridgehead atoms. The molecule has 23 heavy (non-hydrogen) atoms. The normalized spacial score (nSPS) is 10.7. The van der Waals surface area contributed by atoms with Gasteiger partial charge in [-0.1, -0.05) is 43.6 Å². The summed E-state index contributed by atoms with van der Waals surface area (Å²) in [6, 6.07) is 11.5. The molecule has 0 atom stereocenters. The molecule has 2 aromatic rings. The lowest BCUT2D eigenvalue weighted by atomic mass is 10.0. The van der Waals surface area contributed by atoms with Gasteiger partial charge in [-0.3, -0.25) is 4.79 Å². The number of amides is 1. The maximum absolute atomic E-state index is 12.1. The second-order valence-electron chi connectivity index (χ2n) is 5.95. The van der Waals surface area contributed by atoms with Crippen molar-refractivity contribution in [2.45, 2.75) is 33.6 Å². The van der Waals surface area contributed by atoms with Gasteiger partial charge in [0.2, 0.25) is 0 Å². The predicted octanol–water partition coefficient (Wildman–Crippen LogP) is 5.10. The molecular formula is C19H22ClNO2. The number of hydrogen-bond donors (Lipinski definition) is 1. The molecule has 0 saturated heterocycles. The molecule has 2 aromatic carbocycles.